The number of ether oxygens (including phenoxy) is 1. The highest BCUT2D eigenvalue weighted by Gasteiger charge is 2.73. The number of benzene rings is 1. The smallest absolute Gasteiger partial charge is 0.338 e. The number of carbonyl (C=O) groups is 2. The van der Waals surface area contributed by atoms with Gasteiger partial charge >= 0.3 is 5.97 Å². The van der Waals surface area contributed by atoms with Crippen molar-refractivity contribution in [2.24, 2.45) is 28.6 Å². The fourth-order valence-electron chi connectivity index (χ4n) is 7.71. The van der Waals surface area contributed by atoms with Gasteiger partial charge in [-0.25, -0.2) is 13.6 Å². The van der Waals surface area contributed by atoms with Gasteiger partial charge < -0.3 is 9.84 Å². The third kappa shape index (κ3) is 3.24. The molecular weight excluding hydrogens is 472 g/mol. The molecule has 0 saturated heterocycles. The monoisotopic (exact) mass is 501 g/mol. The summed E-state index contributed by atoms with van der Waals surface area (Å²) in [6.45, 7) is 5.27. The van der Waals surface area contributed by atoms with Gasteiger partial charge in [-0.3, -0.25) is 14.9 Å². The second kappa shape index (κ2) is 8.03. The number of nitrogens with zero attached hydrogens (tertiary/aromatic N) is 1. The number of rotatable bonds is 3. The largest absolute Gasteiger partial charge is 0.458 e. The number of ketones is 1. The van der Waals surface area contributed by atoms with E-state index in [2.05, 4.69) is 0 Å². The first-order valence-corrected chi connectivity index (χ1v) is 12.2. The summed E-state index contributed by atoms with van der Waals surface area (Å²) in [7, 11) is 0. The fraction of sp³-hybridized carbons (Fsp3) is 0.556. The van der Waals surface area contributed by atoms with Gasteiger partial charge in [-0.2, -0.15) is 0 Å². The van der Waals surface area contributed by atoms with Crippen LogP contribution in [-0.4, -0.2) is 45.8 Å². The van der Waals surface area contributed by atoms with Crippen LogP contribution in [0.15, 0.2) is 48.1 Å². The zero-order valence-corrected chi connectivity index (χ0v) is 20.3. The lowest BCUT2D eigenvalue weighted by Gasteiger charge is -2.62. The third-order valence-electron chi connectivity index (χ3n) is 9.38. The van der Waals surface area contributed by atoms with Gasteiger partial charge in [0.15, 0.2) is 11.5 Å². The highest BCUT2D eigenvalue weighted by atomic mass is 19.1. The Bertz CT molecular complexity index is 1210. The summed E-state index contributed by atoms with van der Waals surface area (Å²) in [6.07, 6.45) is 0.369. The van der Waals surface area contributed by atoms with Gasteiger partial charge in [-0.1, -0.05) is 26.0 Å². The molecule has 3 saturated carbocycles. The van der Waals surface area contributed by atoms with Crippen LogP contribution in [0.1, 0.15) is 50.4 Å². The highest BCUT2D eigenvalue weighted by molar-refractivity contribution is 6.01. The van der Waals surface area contributed by atoms with E-state index in [0.717, 1.165) is 12.1 Å². The Morgan fingerprint density at radius 2 is 1.97 bits per heavy atom. The van der Waals surface area contributed by atoms with E-state index in [1.807, 2.05) is 13.8 Å². The number of carbonyl (C=O) groups excluding carboxylic acids is 2. The number of hydrogen-bond acceptors (Lipinski definition) is 6. The van der Waals surface area contributed by atoms with E-state index in [1.165, 1.54) is 30.4 Å². The minimum absolute atomic E-state index is 0.0104. The summed E-state index contributed by atoms with van der Waals surface area (Å²) in [5.41, 5.74) is -4.64. The quantitative estimate of drug-likeness (QED) is 0.366. The predicted octanol–water partition coefficient (Wildman–Crippen LogP) is 4.69. The van der Waals surface area contributed by atoms with Crippen LogP contribution in [0.4, 0.5) is 14.5 Å². The normalized spacial score (nSPS) is 43.2. The molecule has 0 radical (unpaired) electrons. The number of hydrogen-bond donors (Lipinski definition) is 1. The van der Waals surface area contributed by atoms with Crippen LogP contribution in [0, 0.1) is 38.7 Å². The van der Waals surface area contributed by atoms with Crippen molar-refractivity contribution in [2.75, 3.05) is 0 Å². The minimum atomic E-state index is -2.19. The number of nitro groups is 1. The number of allylic oxidation sites excluding steroid dienone is 4. The molecule has 9 unspecified atom stereocenters. The van der Waals surface area contributed by atoms with Gasteiger partial charge in [0.2, 0.25) is 0 Å². The summed E-state index contributed by atoms with van der Waals surface area (Å²) in [4.78, 5) is 35.5. The van der Waals surface area contributed by atoms with E-state index in [4.69, 9.17) is 4.74 Å². The number of halogens is 2. The topological polar surface area (TPSA) is 107 Å². The van der Waals surface area contributed by atoms with E-state index in [1.54, 1.807) is 6.92 Å². The van der Waals surface area contributed by atoms with Crippen LogP contribution < -0.4 is 0 Å². The summed E-state index contributed by atoms with van der Waals surface area (Å²) >= 11 is 0. The zero-order chi connectivity index (χ0) is 26.2. The molecular formula is C27H29F2NO6. The Morgan fingerprint density at radius 1 is 1.25 bits per heavy atom. The first-order valence-electron chi connectivity index (χ1n) is 12.2. The van der Waals surface area contributed by atoms with Crippen LogP contribution >= 0.6 is 0 Å². The maximum atomic E-state index is 17.1. The van der Waals surface area contributed by atoms with Gasteiger partial charge in [0.05, 0.1) is 16.6 Å². The van der Waals surface area contributed by atoms with Gasteiger partial charge in [-0.15, -0.1) is 0 Å². The average Bonchev–Trinajstić information content (AvgIpc) is 3.07. The molecule has 1 aromatic carbocycles. The van der Waals surface area contributed by atoms with Gasteiger partial charge in [0.25, 0.3) is 5.69 Å². The fourth-order valence-corrected chi connectivity index (χ4v) is 7.71. The number of nitro benzene ring substituents is 1. The molecule has 9 atom stereocenters. The maximum absolute atomic E-state index is 17.1. The molecule has 7 nitrogen and oxygen atoms in total. The number of alkyl halides is 2. The van der Waals surface area contributed by atoms with Crippen molar-refractivity contribution in [1.82, 2.24) is 0 Å². The zero-order valence-electron chi connectivity index (χ0n) is 20.3. The molecule has 9 heteroatoms. The predicted molar refractivity (Wildman–Crippen MR) is 125 cm³/mol. The lowest BCUT2D eigenvalue weighted by Crippen LogP contribution is -2.68. The molecule has 36 heavy (non-hydrogen) atoms. The van der Waals surface area contributed by atoms with Gasteiger partial charge in [0, 0.05) is 28.9 Å². The lowest BCUT2D eigenvalue weighted by atomic mass is 9.45. The standard InChI is InChI=1S/C27H29F2NO6/c1-14-9-18-19-12-21(28)20-11-17(31)7-8-26(20,3)27(19,29)22(32)13-25(18,2)23(14)36-24(33)15-5-4-6-16(10-15)30(34)35/h4-8,10-11,14,18-19,21-23,32H,9,12-13H2,1-3H3. The van der Waals surface area contributed by atoms with Crippen molar-refractivity contribution in [3.05, 3.63) is 63.7 Å². The van der Waals surface area contributed by atoms with E-state index in [-0.39, 0.29) is 41.5 Å². The van der Waals surface area contributed by atoms with E-state index < -0.39 is 57.5 Å². The first-order chi connectivity index (χ1) is 16.8. The second-order valence-electron chi connectivity index (χ2n) is 11.3. The van der Waals surface area contributed by atoms with E-state index in [9.17, 15) is 24.8 Å². The van der Waals surface area contributed by atoms with Crippen molar-refractivity contribution < 1.29 is 33.1 Å². The number of fused-ring (bicyclic) bond motifs is 5. The maximum Gasteiger partial charge on any atom is 0.338 e. The SMILES string of the molecule is CC1CC2C3CC(F)C4=CC(=O)C=CC4(C)C3(F)C(O)CC2(C)C1OC(=O)c1cccc([N+](=O)[O-])c1. The summed E-state index contributed by atoms with van der Waals surface area (Å²) in [6, 6.07) is 5.25. The first kappa shape index (κ1) is 24.7. The van der Waals surface area contributed by atoms with Crippen LogP contribution in [-0.2, 0) is 9.53 Å². The van der Waals surface area contributed by atoms with Gasteiger partial charge in [0.1, 0.15) is 12.3 Å². The number of esters is 1. The van der Waals surface area contributed by atoms with Crippen LogP contribution in [0.2, 0.25) is 0 Å². The van der Waals surface area contributed by atoms with Crippen molar-refractivity contribution in [1.29, 1.82) is 0 Å². The Hall–Kier alpha value is -2.94. The van der Waals surface area contributed by atoms with Crippen molar-refractivity contribution in [3.8, 4) is 0 Å². The molecule has 192 valence electrons. The van der Waals surface area contributed by atoms with Crippen molar-refractivity contribution >= 4 is 17.4 Å². The molecule has 0 aromatic heterocycles. The third-order valence-corrected chi connectivity index (χ3v) is 9.38. The molecule has 4 aliphatic rings. The molecule has 0 bridgehead atoms. The Morgan fingerprint density at radius 3 is 2.67 bits per heavy atom. The molecule has 1 N–H and O–H groups in total. The molecule has 1 aromatic rings. The lowest BCUT2D eigenvalue weighted by molar-refractivity contribution is -0.384. The average molecular weight is 502 g/mol. The number of aliphatic hydroxyl groups excluding tert-OH is 1. The van der Waals surface area contributed by atoms with Crippen molar-refractivity contribution in [3.63, 3.8) is 0 Å². The summed E-state index contributed by atoms with van der Waals surface area (Å²) in [5.74, 6) is -2.58. The second-order valence-corrected chi connectivity index (χ2v) is 11.3. The van der Waals surface area contributed by atoms with E-state index in [0.29, 0.717) is 6.42 Å². The van der Waals surface area contributed by atoms with Gasteiger partial charge in [-0.05, 0) is 61.8 Å². The van der Waals surface area contributed by atoms with E-state index >= 15 is 8.78 Å². The molecule has 5 rings (SSSR count). The van der Waals surface area contributed by atoms with Crippen LogP contribution in [0.5, 0.6) is 0 Å². The molecule has 0 amide bonds. The molecule has 0 aliphatic heterocycles. The summed E-state index contributed by atoms with van der Waals surface area (Å²) < 4.78 is 38.5. The Labute approximate surface area is 207 Å². The number of aliphatic hydroxyl groups is 1. The molecule has 0 heterocycles. The highest BCUT2D eigenvalue weighted by Crippen LogP contribution is 2.69. The molecule has 3 fully saturated rings. The van der Waals surface area contributed by atoms with Crippen molar-refractivity contribution in [2.45, 2.75) is 64.1 Å². The number of non-ortho nitro benzene ring substituents is 1. The molecule has 4 aliphatic carbocycles. The Balaban J connectivity index is 1.49. The van der Waals surface area contributed by atoms with Crippen LogP contribution in [0.3, 0.4) is 0 Å². The minimum Gasteiger partial charge on any atom is -0.458 e. The summed E-state index contributed by atoms with van der Waals surface area (Å²) in [5, 5.41) is 22.4. The Kier molecular flexibility index (Phi) is 5.52. The molecule has 0 spiro atoms. The van der Waals surface area contributed by atoms with Crippen LogP contribution in [0.25, 0.3) is 0 Å².